The van der Waals surface area contributed by atoms with Crippen molar-refractivity contribution in [1.29, 1.82) is 0 Å². The van der Waals surface area contributed by atoms with Gasteiger partial charge in [0.25, 0.3) is 0 Å². The third-order valence-corrected chi connectivity index (χ3v) is 6.05. The van der Waals surface area contributed by atoms with E-state index in [1.165, 1.54) is 18.7 Å². The van der Waals surface area contributed by atoms with Crippen LogP contribution in [-0.2, 0) is 22.6 Å². The van der Waals surface area contributed by atoms with Crippen LogP contribution in [-0.4, -0.2) is 38.2 Å². The number of amides is 1. The first-order valence-corrected chi connectivity index (χ1v) is 11.6. The molecule has 0 saturated carbocycles. The van der Waals surface area contributed by atoms with Crippen molar-refractivity contribution in [3.05, 3.63) is 90.2 Å². The standard InChI is InChI=1S/C25H24N4O3S/c1-18(30)21(15-19-9-4-2-5-10-19)26-23(31)17-33-25-28-27-24(22-13-8-14-32-22)29(25)16-20-11-6-3-7-12-20/h2-14,21H,15-17H2,1H3,(H,26,31)/t21-/m0/s1. The van der Waals surface area contributed by atoms with E-state index in [2.05, 4.69) is 15.5 Å². The average Bonchev–Trinajstić information content (AvgIpc) is 3.49. The van der Waals surface area contributed by atoms with Crippen LogP contribution in [0.1, 0.15) is 18.1 Å². The van der Waals surface area contributed by atoms with Crippen LogP contribution in [0.3, 0.4) is 0 Å². The Morgan fingerprint density at radius 1 is 0.970 bits per heavy atom. The number of nitrogens with one attached hydrogen (secondary N) is 1. The first-order chi connectivity index (χ1) is 16.1. The van der Waals surface area contributed by atoms with E-state index in [0.717, 1.165) is 11.1 Å². The summed E-state index contributed by atoms with van der Waals surface area (Å²) in [5.41, 5.74) is 2.08. The second kappa shape index (κ2) is 10.8. The van der Waals surface area contributed by atoms with Crippen LogP contribution < -0.4 is 5.32 Å². The van der Waals surface area contributed by atoms with Gasteiger partial charge in [0, 0.05) is 0 Å². The lowest BCUT2D eigenvalue weighted by Gasteiger charge is -2.16. The van der Waals surface area contributed by atoms with Gasteiger partial charge >= 0.3 is 0 Å². The van der Waals surface area contributed by atoms with E-state index in [9.17, 15) is 9.59 Å². The van der Waals surface area contributed by atoms with E-state index in [1.807, 2.05) is 71.3 Å². The molecule has 1 N–H and O–H groups in total. The highest BCUT2D eigenvalue weighted by Gasteiger charge is 2.20. The SMILES string of the molecule is CC(=O)[C@H](Cc1ccccc1)NC(=O)CSc1nnc(-c2ccco2)n1Cc1ccccc1. The second-order valence-electron chi connectivity index (χ2n) is 7.56. The topological polar surface area (TPSA) is 90.0 Å². The zero-order chi connectivity index (χ0) is 23.0. The Balaban J connectivity index is 1.46. The van der Waals surface area contributed by atoms with Crippen molar-refractivity contribution >= 4 is 23.5 Å². The first-order valence-electron chi connectivity index (χ1n) is 10.6. The average molecular weight is 461 g/mol. The Labute approximate surface area is 196 Å². The molecule has 168 valence electrons. The normalized spacial score (nSPS) is 11.8. The van der Waals surface area contributed by atoms with E-state index < -0.39 is 6.04 Å². The highest BCUT2D eigenvalue weighted by atomic mass is 32.2. The molecule has 0 aliphatic heterocycles. The van der Waals surface area contributed by atoms with Gasteiger partial charge in [-0.3, -0.25) is 14.2 Å². The van der Waals surface area contributed by atoms with Crippen LogP contribution in [0.25, 0.3) is 11.6 Å². The van der Waals surface area contributed by atoms with E-state index in [4.69, 9.17) is 4.42 Å². The molecule has 0 bridgehead atoms. The number of carbonyl (C=O) groups excluding carboxylic acids is 2. The third kappa shape index (κ3) is 5.98. The molecule has 2 aromatic heterocycles. The number of aromatic nitrogens is 3. The Hall–Kier alpha value is -3.65. The number of Topliss-reactive ketones (excluding diaryl/α,β-unsaturated/α-hetero) is 1. The fraction of sp³-hybridized carbons (Fsp3) is 0.200. The molecular weight excluding hydrogens is 436 g/mol. The molecule has 1 atom stereocenters. The minimum Gasteiger partial charge on any atom is -0.461 e. The Bertz CT molecular complexity index is 1190. The number of thioether (sulfide) groups is 1. The smallest absolute Gasteiger partial charge is 0.231 e. The zero-order valence-corrected chi connectivity index (χ0v) is 19.0. The molecule has 1 amide bonds. The van der Waals surface area contributed by atoms with Gasteiger partial charge in [-0.1, -0.05) is 72.4 Å². The molecule has 33 heavy (non-hydrogen) atoms. The number of carbonyl (C=O) groups is 2. The number of hydrogen-bond donors (Lipinski definition) is 1. The largest absolute Gasteiger partial charge is 0.461 e. The number of hydrogen-bond acceptors (Lipinski definition) is 6. The summed E-state index contributed by atoms with van der Waals surface area (Å²) in [6.07, 6.45) is 2.05. The molecule has 2 aromatic carbocycles. The molecule has 7 nitrogen and oxygen atoms in total. The fourth-order valence-corrected chi connectivity index (χ4v) is 4.15. The van der Waals surface area contributed by atoms with E-state index in [0.29, 0.717) is 29.7 Å². The summed E-state index contributed by atoms with van der Waals surface area (Å²) >= 11 is 1.28. The lowest BCUT2D eigenvalue weighted by atomic mass is 10.0. The summed E-state index contributed by atoms with van der Waals surface area (Å²) in [7, 11) is 0. The molecular formula is C25H24N4O3S. The van der Waals surface area contributed by atoms with Crippen LogP contribution in [0.5, 0.6) is 0 Å². The molecule has 0 aliphatic rings. The number of nitrogens with zero attached hydrogens (tertiary/aromatic N) is 3. The Kier molecular flexibility index (Phi) is 7.36. The molecule has 0 unspecified atom stereocenters. The Morgan fingerprint density at radius 3 is 2.30 bits per heavy atom. The number of furan rings is 1. The summed E-state index contributed by atoms with van der Waals surface area (Å²) in [4.78, 5) is 24.8. The molecule has 0 radical (unpaired) electrons. The third-order valence-electron chi connectivity index (χ3n) is 5.08. The van der Waals surface area contributed by atoms with Gasteiger partial charge in [-0.2, -0.15) is 0 Å². The molecule has 0 aliphatic carbocycles. The molecule has 8 heteroatoms. The van der Waals surface area contributed by atoms with Crippen LogP contribution in [0.15, 0.2) is 88.6 Å². The van der Waals surface area contributed by atoms with Crippen LogP contribution >= 0.6 is 11.8 Å². The van der Waals surface area contributed by atoms with Crippen LogP contribution in [0, 0.1) is 0 Å². The van der Waals surface area contributed by atoms with Crippen molar-refractivity contribution in [2.24, 2.45) is 0 Å². The van der Waals surface area contributed by atoms with Crippen LogP contribution in [0.2, 0.25) is 0 Å². The van der Waals surface area contributed by atoms with Crippen molar-refractivity contribution < 1.29 is 14.0 Å². The number of ketones is 1. The molecule has 0 fully saturated rings. The maximum Gasteiger partial charge on any atom is 0.231 e. The second-order valence-corrected chi connectivity index (χ2v) is 8.51. The van der Waals surface area contributed by atoms with Crippen molar-refractivity contribution in [3.63, 3.8) is 0 Å². The van der Waals surface area contributed by atoms with Crippen molar-refractivity contribution in [2.45, 2.75) is 31.1 Å². The molecule has 4 rings (SSSR count). The predicted octanol–water partition coefficient (Wildman–Crippen LogP) is 4.00. The van der Waals surface area contributed by atoms with Crippen molar-refractivity contribution in [3.8, 4) is 11.6 Å². The van der Waals surface area contributed by atoms with Gasteiger partial charge < -0.3 is 9.73 Å². The molecule has 0 saturated heterocycles. The van der Waals surface area contributed by atoms with E-state index in [1.54, 1.807) is 12.3 Å². The molecule has 4 aromatic rings. The molecule has 0 spiro atoms. The molecule has 2 heterocycles. The van der Waals surface area contributed by atoms with Gasteiger partial charge in [0.1, 0.15) is 0 Å². The van der Waals surface area contributed by atoms with E-state index in [-0.39, 0.29) is 17.4 Å². The minimum atomic E-state index is -0.568. The summed E-state index contributed by atoms with van der Waals surface area (Å²) in [6.45, 7) is 2.03. The summed E-state index contributed by atoms with van der Waals surface area (Å²) in [5.74, 6) is 1.00. The van der Waals surface area contributed by atoms with Gasteiger partial charge in [-0.15, -0.1) is 10.2 Å². The predicted molar refractivity (Wildman–Crippen MR) is 127 cm³/mol. The Morgan fingerprint density at radius 2 is 1.67 bits per heavy atom. The van der Waals surface area contributed by atoms with Gasteiger partial charge in [-0.25, -0.2) is 0 Å². The first kappa shape index (κ1) is 22.5. The summed E-state index contributed by atoms with van der Waals surface area (Å²) in [5, 5.41) is 12.0. The maximum atomic E-state index is 12.7. The summed E-state index contributed by atoms with van der Waals surface area (Å²) in [6, 6.07) is 22.7. The maximum absolute atomic E-state index is 12.7. The number of rotatable bonds is 10. The summed E-state index contributed by atoms with van der Waals surface area (Å²) < 4.78 is 7.45. The minimum absolute atomic E-state index is 0.0791. The lowest BCUT2D eigenvalue weighted by Crippen LogP contribution is -2.42. The highest BCUT2D eigenvalue weighted by molar-refractivity contribution is 7.99. The quantitative estimate of drug-likeness (QED) is 0.360. The highest BCUT2D eigenvalue weighted by Crippen LogP contribution is 2.25. The zero-order valence-electron chi connectivity index (χ0n) is 18.2. The van der Waals surface area contributed by atoms with Gasteiger partial charge in [0.05, 0.1) is 24.6 Å². The van der Waals surface area contributed by atoms with Crippen molar-refractivity contribution in [2.75, 3.05) is 5.75 Å². The van der Waals surface area contributed by atoms with Gasteiger partial charge in [0.15, 0.2) is 16.7 Å². The van der Waals surface area contributed by atoms with E-state index >= 15 is 0 Å². The lowest BCUT2D eigenvalue weighted by molar-refractivity contribution is -0.125. The monoisotopic (exact) mass is 460 g/mol. The van der Waals surface area contributed by atoms with Crippen LogP contribution in [0.4, 0.5) is 0 Å². The fourth-order valence-electron chi connectivity index (χ4n) is 3.40. The van der Waals surface area contributed by atoms with Gasteiger partial charge in [0.2, 0.25) is 11.7 Å². The van der Waals surface area contributed by atoms with Gasteiger partial charge in [-0.05, 0) is 36.6 Å². The number of benzene rings is 2. The van der Waals surface area contributed by atoms with Crippen molar-refractivity contribution in [1.82, 2.24) is 20.1 Å².